The van der Waals surface area contributed by atoms with Crippen LogP contribution in [0.4, 0.5) is 10.5 Å². The topological polar surface area (TPSA) is 98.3 Å². The maximum atomic E-state index is 12.0. The van der Waals surface area contributed by atoms with E-state index in [0.29, 0.717) is 12.2 Å². The van der Waals surface area contributed by atoms with Crippen molar-refractivity contribution in [1.82, 2.24) is 15.5 Å². The number of hydrogen-bond acceptors (Lipinski definition) is 3. The van der Waals surface area contributed by atoms with E-state index >= 15 is 0 Å². The number of amides is 2. The first-order chi connectivity index (χ1) is 9.59. The molecule has 0 radical (unpaired) electrons. The standard InChI is InChI=1S/C13H14N4O3/c1-17(11-5-3-2-4-10(11)12(18)19)13(20)14-6-9-7-15-16-8-9/h2-5,7-8H,6H2,1H3,(H,14,20)(H,15,16)(H,18,19). The van der Waals surface area contributed by atoms with Crippen LogP contribution in [0.15, 0.2) is 36.7 Å². The second kappa shape index (κ2) is 5.87. The van der Waals surface area contributed by atoms with Crippen molar-refractivity contribution in [3.63, 3.8) is 0 Å². The van der Waals surface area contributed by atoms with Crippen molar-refractivity contribution < 1.29 is 14.7 Å². The molecular formula is C13H14N4O3. The van der Waals surface area contributed by atoms with E-state index in [1.54, 1.807) is 30.6 Å². The van der Waals surface area contributed by atoms with Crippen LogP contribution in [0.3, 0.4) is 0 Å². The SMILES string of the molecule is CN(C(=O)NCc1cn[nH]c1)c1ccccc1C(=O)O. The van der Waals surface area contributed by atoms with Gasteiger partial charge in [0.15, 0.2) is 0 Å². The zero-order chi connectivity index (χ0) is 14.5. The number of nitrogens with zero attached hydrogens (tertiary/aromatic N) is 2. The van der Waals surface area contributed by atoms with Gasteiger partial charge in [-0.05, 0) is 12.1 Å². The summed E-state index contributed by atoms with van der Waals surface area (Å²) in [5.41, 5.74) is 1.25. The van der Waals surface area contributed by atoms with E-state index < -0.39 is 5.97 Å². The first-order valence-electron chi connectivity index (χ1n) is 5.91. The van der Waals surface area contributed by atoms with Crippen molar-refractivity contribution in [3.05, 3.63) is 47.8 Å². The molecule has 0 aliphatic heterocycles. The predicted molar refractivity (Wildman–Crippen MR) is 72.6 cm³/mol. The number of aromatic nitrogens is 2. The Bertz CT molecular complexity index is 610. The number of para-hydroxylation sites is 1. The number of hydrogen-bond donors (Lipinski definition) is 3. The van der Waals surface area contributed by atoms with Gasteiger partial charge < -0.3 is 10.4 Å². The van der Waals surface area contributed by atoms with Crippen LogP contribution in [0, 0.1) is 0 Å². The molecule has 2 aromatic rings. The molecule has 104 valence electrons. The lowest BCUT2D eigenvalue weighted by Gasteiger charge is -2.19. The number of rotatable bonds is 4. The molecule has 0 bridgehead atoms. The summed E-state index contributed by atoms with van der Waals surface area (Å²) in [6, 6.07) is 5.95. The number of anilines is 1. The largest absolute Gasteiger partial charge is 0.478 e. The molecule has 0 unspecified atom stereocenters. The Morgan fingerprint density at radius 2 is 2.15 bits per heavy atom. The Morgan fingerprint density at radius 1 is 1.40 bits per heavy atom. The molecule has 0 aliphatic carbocycles. The van der Waals surface area contributed by atoms with Gasteiger partial charge in [0, 0.05) is 25.4 Å². The molecule has 2 rings (SSSR count). The van der Waals surface area contributed by atoms with Crippen molar-refractivity contribution in [2.45, 2.75) is 6.54 Å². The van der Waals surface area contributed by atoms with E-state index in [9.17, 15) is 9.59 Å². The lowest BCUT2D eigenvalue weighted by Crippen LogP contribution is -2.37. The van der Waals surface area contributed by atoms with Gasteiger partial charge in [-0.3, -0.25) is 10.00 Å². The fourth-order valence-corrected chi connectivity index (χ4v) is 1.73. The summed E-state index contributed by atoms with van der Waals surface area (Å²) < 4.78 is 0. The zero-order valence-corrected chi connectivity index (χ0v) is 10.8. The third-order valence-corrected chi connectivity index (χ3v) is 2.80. The van der Waals surface area contributed by atoms with Crippen LogP contribution >= 0.6 is 0 Å². The first kappa shape index (κ1) is 13.6. The van der Waals surface area contributed by atoms with Crippen molar-refractivity contribution in [1.29, 1.82) is 0 Å². The van der Waals surface area contributed by atoms with Crippen LogP contribution in [0.1, 0.15) is 15.9 Å². The molecule has 0 spiro atoms. The molecule has 0 atom stereocenters. The summed E-state index contributed by atoms with van der Waals surface area (Å²) in [5, 5.41) is 18.2. The minimum Gasteiger partial charge on any atom is -0.478 e. The molecule has 1 heterocycles. The summed E-state index contributed by atoms with van der Waals surface area (Å²) in [4.78, 5) is 24.4. The summed E-state index contributed by atoms with van der Waals surface area (Å²) in [7, 11) is 1.52. The van der Waals surface area contributed by atoms with Crippen molar-refractivity contribution in [3.8, 4) is 0 Å². The fraction of sp³-hybridized carbons (Fsp3) is 0.154. The van der Waals surface area contributed by atoms with Crippen LogP contribution in [-0.2, 0) is 6.54 Å². The normalized spacial score (nSPS) is 10.1. The van der Waals surface area contributed by atoms with E-state index in [4.69, 9.17) is 5.11 Å². The van der Waals surface area contributed by atoms with E-state index in [2.05, 4.69) is 15.5 Å². The molecule has 7 nitrogen and oxygen atoms in total. The number of carbonyl (C=O) groups is 2. The molecule has 0 aliphatic rings. The van der Waals surface area contributed by atoms with Gasteiger partial charge >= 0.3 is 12.0 Å². The molecule has 1 aromatic carbocycles. The number of urea groups is 1. The van der Waals surface area contributed by atoms with Gasteiger partial charge in [-0.15, -0.1) is 0 Å². The van der Waals surface area contributed by atoms with Crippen LogP contribution in [0.5, 0.6) is 0 Å². The summed E-state index contributed by atoms with van der Waals surface area (Å²) in [6.07, 6.45) is 3.27. The summed E-state index contributed by atoms with van der Waals surface area (Å²) >= 11 is 0. The second-order valence-electron chi connectivity index (χ2n) is 4.15. The average Bonchev–Trinajstić information content (AvgIpc) is 2.97. The summed E-state index contributed by atoms with van der Waals surface area (Å²) in [5.74, 6) is -1.07. The Kier molecular flexibility index (Phi) is 3.99. The van der Waals surface area contributed by atoms with Crippen LogP contribution in [0.2, 0.25) is 0 Å². The molecule has 3 N–H and O–H groups in total. The van der Waals surface area contributed by atoms with E-state index in [0.717, 1.165) is 5.56 Å². The van der Waals surface area contributed by atoms with Gasteiger partial charge in [-0.2, -0.15) is 5.10 Å². The number of benzene rings is 1. The molecule has 7 heteroatoms. The maximum absolute atomic E-state index is 12.0. The third-order valence-electron chi connectivity index (χ3n) is 2.80. The van der Waals surface area contributed by atoms with Gasteiger partial charge in [0.05, 0.1) is 17.4 Å². The Labute approximate surface area is 115 Å². The highest BCUT2D eigenvalue weighted by Gasteiger charge is 2.17. The zero-order valence-electron chi connectivity index (χ0n) is 10.8. The Balaban J connectivity index is 2.08. The second-order valence-corrected chi connectivity index (χ2v) is 4.15. The van der Waals surface area contributed by atoms with E-state index in [-0.39, 0.29) is 11.6 Å². The first-order valence-corrected chi connectivity index (χ1v) is 5.91. The number of aromatic carboxylic acids is 1. The third kappa shape index (κ3) is 2.94. The van der Waals surface area contributed by atoms with Gasteiger partial charge in [0.1, 0.15) is 0 Å². The molecular weight excluding hydrogens is 260 g/mol. The molecule has 0 saturated heterocycles. The highest BCUT2D eigenvalue weighted by Crippen LogP contribution is 2.19. The maximum Gasteiger partial charge on any atom is 0.337 e. The molecule has 0 fully saturated rings. The monoisotopic (exact) mass is 274 g/mol. The Morgan fingerprint density at radius 3 is 2.80 bits per heavy atom. The van der Waals surface area contributed by atoms with Gasteiger partial charge in [0.2, 0.25) is 0 Å². The lowest BCUT2D eigenvalue weighted by molar-refractivity contribution is 0.0697. The summed E-state index contributed by atoms with van der Waals surface area (Å²) in [6.45, 7) is 0.314. The number of carboxylic acid groups (broad SMARTS) is 1. The van der Waals surface area contributed by atoms with Crippen molar-refractivity contribution >= 4 is 17.7 Å². The van der Waals surface area contributed by atoms with Gasteiger partial charge in [-0.1, -0.05) is 12.1 Å². The average molecular weight is 274 g/mol. The highest BCUT2D eigenvalue weighted by atomic mass is 16.4. The minimum atomic E-state index is -1.07. The predicted octanol–water partition coefficient (Wildman–Crippen LogP) is 1.45. The molecule has 1 aromatic heterocycles. The van der Waals surface area contributed by atoms with Crippen LogP contribution < -0.4 is 10.2 Å². The highest BCUT2D eigenvalue weighted by molar-refractivity contribution is 6.01. The minimum absolute atomic E-state index is 0.0773. The number of H-pyrrole nitrogens is 1. The van der Waals surface area contributed by atoms with Gasteiger partial charge in [0.25, 0.3) is 0 Å². The lowest BCUT2D eigenvalue weighted by atomic mass is 10.1. The van der Waals surface area contributed by atoms with Crippen LogP contribution in [-0.4, -0.2) is 34.4 Å². The number of nitrogens with one attached hydrogen (secondary N) is 2. The quantitative estimate of drug-likeness (QED) is 0.786. The van der Waals surface area contributed by atoms with Gasteiger partial charge in [-0.25, -0.2) is 9.59 Å². The Hall–Kier alpha value is -2.83. The van der Waals surface area contributed by atoms with Crippen LogP contribution in [0.25, 0.3) is 0 Å². The number of carboxylic acids is 1. The number of carbonyl (C=O) groups excluding carboxylic acids is 1. The molecule has 2 amide bonds. The number of aromatic amines is 1. The van der Waals surface area contributed by atoms with E-state index in [1.807, 2.05) is 0 Å². The van der Waals surface area contributed by atoms with E-state index in [1.165, 1.54) is 18.0 Å². The van der Waals surface area contributed by atoms with Crippen molar-refractivity contribution in [2.75, 3.05) is 11.9 Å². The van der Waals surface area contributed by atoms with Crippen molar-refractivity contribution in [2.24, 2.45) is 0 Å². The molecule has 0 saturated carbocycles. The smallest absolute Gasteiger partial charge is 0.337 e. The molecule has 20 heavy (non-hydrogen) atoms. The fourth-order valence-electron chi connectivity index (χ4n) is 1.73.